The maximum Gasteiger partial charge on any atom is 0.243 e. The molecular formula is C31H38N2O2S. The summed E-state index contributed by atoms with van der Waals surface area (Å²) in [4.78, 5) is 30.1. The molecule has 0 saturated carbocycles. The lowest BCUT2D eigenvalue weighted by Crippen LogP contribution is -2.50. The standard InChI is InChI=1S/C31H38N2O2S/c1-4-5-19-32-31(35)29(22-26-11-7-6-8-12-26)33(23-27-13-9-10-25(3)21-27)30(34)18-20-36-28-16-14-24(2)15-17-28/h6-17,21,29H,4-5,18-20,22-23H2,1-3H3,(H,32,35)/t29-/m1/s1. The van der Waals surface area contributed by atoms with Gasteiger partial charge in [0, 0.05) is 36.6 Å². The van der Waals surface area contributed by atoms with Crippen LogP contribution in [0.25, 0.3) is 0 Å². The first-order valence-corrected chi connectivity index (χ1v) is 13.8. The van der Waals surface area contributed by atoms with Crippen molar-refractivity contribution in [2.45, 2.75) is 63.9 Å². The van der Waals surface area contributed by atoms with E-state index in [9.17, 15) is 9.59 Å². The number of carbonyl (C=O) groups is 2. The summed E-state index contributed by atoms with van der Waals surface area (Å²) in [5, 5.41) is 3.09. The Hall–Kier alpha value is -3.05. The van der Waals surface area contributed by atoms with Gasteiger partial charge in [0.1, 0.15) is 6.04 Å². The van der Waals surface area contributed by atoms with Crippen LogP contribution in [0.3, 0.4) is 0 Å². The molecule has 0 unspecified atom stereocenters. The van der Waals surface area contributed by atoms with Crippen molar-refractivity contribution in [3.63, 3.8) is 0 Å². The number of nitrogens with zero attached hydrogens (tertiary/aromatic N) is 1. The van der Waals surface area contributed by atoms with Gasteiger partial charge in [-0.25, -0.2) is 0 Å². The van der Waals surface area contributed by atoms with E-state index in [1.54, 1.807) is 16.7 Å². The molecule has 1 atom stereocenters. The molecule has 1 N–H and O–H groups in total. The van der Waals surface area contributed by atoms with E-state index in [1.165, 1.54) is 5.56 Å². The third-order valence-corrected chi connectivity index (χ3v) is 7.16. The van der Waals surface area contributed by atoms with Crippen LogP contribution in [0.5, 0.6) is 0 Å². The molecule has 0 radical (unpaired) electrons. The molecule has 0 bridgehead atoms. The molecule has 0 spiro atoms. The molecule has 3 aromatic carbocycles. The number of aryl methyl sites for hydroxylation is 2. The van der Waals surface area contributed by atoms with E-state index >= 15 is 0 Å². The van der Waals surface area contributed by atoms with Crippen LogP contribution in [-0.4, -0.2) is 35.1 Å². The SMILES string of the molecule is CCCCNC(=O)[C@@H](Cc1ccccc1)N(Cc1cccc(C)c1)C(=O)CCSc1ccc(C)cc1. The summed E-state index contributed by atoms with van der Waals surface area (Å²) >= 11 is 1.68. The first kappa shape index (κ1) is 27.5. The van der Waals surface area contributed by atoms with Crippen LogP contribution in [0, 0.1) is 13.8 Å². The summed E-state index contributed by atoms with van der Waals surface area (Å²) in [6.07, 6.45) is 2.79. The number of amides is 2. The second-order valence-corrected chi connectivity index (χ2v) is 10.4. The van der Waals surface area contributed by atoms with Gasteiger partial charge < -0.3 is 10.2 Å². The predicted octanol–water partition coefficient (Wildman–Crippen LogP) is 6.34. The molecule has 0 saturated heterocycles. The van der Waals surface area contributed by atoms with Crippen molar-refractivity contribution < 1.29 is 9.59 Å². The highest BCUT2D eigenvalue weighted by atomic mass is 32.2. The number of benzene rings is 3. The van der Waals surface area contributed by atoms with Crippen molar-refractivity contribution in [3.8, 4) is 0 Å². The molecule has 190 valence electrons. The molecule has 0 fully saturated rings. The Morgan fingerprint density at radius 1 is 0.889 bits per heavy atom. The van der Waals surface area contributed by atoms with Gasteiger partial charge in [-0.05, 0) is 43.5 Å². The zero-order valence-corrected chi connectivity index (χ0v) is 22.5. The second-order valence-electron chi connectivity index (χ2n) is 9.27. The van der Waals surface area contributed by atoms with Gasteiger partial charge in [-0.1, -0.05) is 91.2 Å². The molecule has 0 aliphatic heterocycles. The molecule has 2 amide bonds. The fourth-order valence-electron chi connectivity index (χ4n) is 4.10. The summed E-state index contributed by atoms with van der Waals surface area (Å²) in [6.45, 7) is 7.25. The Balaban J connectivity index is 1.82. The maximum absolute atomic E-state index is 13.7. The topological polar surface area (TPSA) is 49.4 Å². The first-order chi connectivity index (χ1) is 17.5. The molecule has 5 heteroatoms. The normalized spacial score (nSPS) is 11.6. The average molecular weight is 503 g/mol. The summed E-state index contributed by atoms with van der Waals surface area (Å²) in [6, 6.07) is 25.9. The fraction of sp³-hybridized carbons (Fsp3) is 0.355. The average Bonchev–Trinajstić information content (AvgIpc) is 2.88. The molecule has 0 aliphatic rings. The van der Waals surface area contributed by atoms with Crippen molar-refractivity contribution in [1.82, 2.24) is 10.2 Å². The number of nitrogens with one attached hydrogen (secondary N) is 1. The fourth-order valence-corrected chi connectivity index (χ4v) is 4.94. The monoisotopic (exact) mass is 502 g/mol. The molecule has 0 heterocycles. The van der Waals surface area contributed by atoms with Crippen LogP contribution in [0.4, 0.5) is 0 Å². The van der Waals surface area contributed by atoms with Crippen LogP contribution in [-0.2, 0) is 22.6 Å². The molecule has 3 aromatic rings. The number of thioether (sulfide) groups is 1. The maximum atomic E-state index is 13.7. The second kappa shape index (κ2) is 14.5. The van der Waals surface area contributed by atoms with Gasteiger partial charge in [0.05, 0.1) is 0 Å². The zero-order chi connectivity index (χ0) is 25.8. The third-order valence-electron chi connectivity index (χ3n) is 6.14. The van der Waals surface area contributed by atoms with Gasteiger partial charge in [-0.2, -0.15) is 0 Å². The minimum absolute atomic E-state index is 0.00249. The Bertz CT molecular complexity index is 1100. The smallest absolute Gasteiger partial charge is 0.243 e. The van der Waals surface area contributed by atoms with Crippen molar-refractivity contribution in [1.29, 1.82) is 0 Å². The van der Waals surface area contributed by atoms with E-state index in [2.05, 4.69) is 49.5 Å². The van der Waals surface area contributed by atoms with E-state index in [0.29, 0.717) is 31.7 Å². The van der Waals surface area contributed by atoms with Crippen LogP contribution in [0.2, 0.25) is 0 Å². The van der Waals surface area contributed by atoms with E-state index in [0.717, 1.165) is 34.4 Å². The highest BCUT2D eigenvalue weighted by molar-refractivity contribution is 7.99. The van der Waals surface area contributed by atoms with Gasteiger partial charge in [-0.3, -0.25) is 9.59 Å². The molecular weight excluding hydrogens is 464 g/mol. The Kier molecular flexibility index (Phi) is 11.1. The summed E-state index contributed by atoms with van der Waals surface area (Å²) < 4.78 is 0. The Labute approximate surface area is 220 Å². The van der Waals surface area contributed by atoms with Gasteiger partial charge >= 0.3 is 0 Å². The zero-order valence-electron chi connectivity index (χ0n) is 21.7. The Morgan fingerprint density at radius 3 is 2.31 bits per heavy atom. The minimum Gasteiger partial charge on any atom is -0.354 e. The quantitative estimate of drug-likeness (QED) is 0.219. The number of carbonyl (C=O) groups excluding carboxylic acids is 2. The lowest BCUT2D eigenvalue weighted by molar-refractivity contribution is -0.141. The minimum atomic E-state index is -0.568. The van der Waals surface area contributed by atoms with Gasteiger partial charge in [-0.15, -0.1) is 11.8 Å². The van der Waals surface area contributed by atoms with Crippen molar-refractivity contribution >= 4 is 23.6 Å². The molecule has 4 nitrogen and oxygen atoms in total. The summed E-state index contributed by atoms with van der Waals surface area (Å²) in [7, 11) is 0. The lowest BCUT2D eigenvalue weighted by atomic mass is 10.0. The molecule has 0 aromatic heterocycles. The van der Waals surface area contributed by atoms with Crippen LogP contribution in [0.15, 0.2) is 83.8 Å². The highest BCUT2D eigenvalue weighted by Gasteiger charge is 2.30. The van der Waals surface area contributed by atoms with Crippen molar-refractivity contribution in [2.75, 3.05) is 12.3 Å². The number of hydrogen-bond donors (Lipinski definition) is 1. The Morgan fingerprint density at radius 2 is 1.61 bits per heavy atom. The van der Waals surface area contributed by atoms with Crippen LogP contribution >= 0.6 is 11.8 Å². The number of hydrogen-bond acceptors (Lipinski definition) is 3. The molecule has 36 heavy (non-hydrogen) atoms. The number of unbranched alkanes of at least 4 members (excludes halogenated alkanes) is 1. The summed E-state index contributed by atoms with van der Waals surface area (Å²) in [5.74, 6) is 0.587. The van der Waals surface area contributed by atoms with E-state index in [1.807, 2.05) is 55.5 Å². The largest absolute Gasteiger partial charge is 0.354 e. The van der Waals surface area contributed by atoms with Crippen molar-refractivity contribution in [3.05, 3.63) is 101 Å². The predicted molar refractivity (Wildman–Crippen MR) is 150 cm³/mol. The third kappa shape index (κ3) is 8.87. The van der Waals surface area contributed by atoms with E-state index in [4.69, 9.17) is 0 Å². The van der Waals surface area contributed by atoms with Crippen molar-refractivity contribution in [2.24, 2.45) is 0 Å². The van der Waals surface area contributed by atoms with Crippen LogP contribution < -0.4 is 5.32 Å². The molecule has 3 rings (SSSR count). The number of rotatable bonds is 13. The highest BCUT2D eigenvalue weighted by Crippen LogP contribution is 2.21. The van der Waals surface area contributed by atoms with E-state index < -0.39 is 6.04 Å². The van der Waals surface area contributed by atoms with Gasteiger partial charge in [0.25, 0.3) is 0 Å². The van der Waals surface area contributed by atoms with Gasteiger partial charge in [0.2, 0.25) is 11.8 Å². The van der Waals surface area contributed by atoms with Crippen LogP contribution in [0.1, 0.15) is 48.4 Å². The molecule has 0 aliphatic carbocycles. The lowest BCUT2D eigenvalue weighted by Gasteiger charge is -2.32. The van der Waals surface area contributed by atoms with Gasteiger partial charge in [0.15, 0.2) is 0 Å². The first-order valence-electron chi connectivity index (χ1n) is 12.8. The van der Waals surface area contributed by atoms with E-state index in [-0.39, 0.29) is 11.8 Å². The summed E-state index contributed by atoms with van der Waals surface area (Å²) in [5.41, 5.74) is 4.44.